The third-order valence-corrected chi connectivity index (χ3v) is 5.48. The van der Waals surface area contributed by atoms with E-state index in [2.05, 4.69) is 56.6 Å². The molecule has 0 bridgehead atoms. The van der Waals surface area contributed by atoms with Crippen LogP contribution in [0.4, 0.5) is 5.69 Å². The second kappa shape index (κ2) is 12.5. The van der Waals surface area contributed by atoms with Crippen molar-refractivity contribution < 1.29 is 4.74 Å². The Bertz CT molecular complexity index is 598. The van der Waals surface area contributed by atoms with Gasteiger partial charge in [-0.1, -0.05) is 25.1 Å². The number of hydrogen-bond acceptors (Lipinski definition) is 4. The molecule has 0 aliphatic carbocycles. The number of guanidine groups is 1. The summed E-state index contributed by atoms with van der Waals surface area (Å²) in [6.45, 7) is 10.2. The summed E-state index contributed by atoms with van der Waals surface area (Å²) >= 11 is 0. The zero-order valence-corrected chi connectivity index (χ0v) is 19.7. The summed E-state index contributed by atoms with van der Waals surface area (Å²) in [4.78, 5) is 9.42. The standard InChI is InChI=1S/C21H35N5O.HI/c1-3-10-25-11-8-19(9-12-25)24-21(22-2)23-17-18-6-4-5-7-20(18)26-13-15-27-16-14-26;/h4-7,19H,3,8-17H2,1-2H3,(H2,22,23,24);1H. The number of hydrogen-bond donors (Lipinski definition) is 2. The SMILES string of the molecule is CCCN1CCC(NC(=NC)NCc2ccccc2N2CCOCC2)CC1.I. The van der Waals surface area contributed by atoms with E-state index in [1.54, 1.807) is 0 Å². The predicted molar refractivity (Wildman–Crippen MR) is 128 cm³/mol. The van der Waals surface area contributed by atoms with Crippen LogP contribution < -0.4 is 15.5 Å². The fourth-order valence-electron chi connectivity index (χ4n) is 3.96. The van der Waals surface area contributed by atoms with Crippen molar-refractivity contribution in [1.29, 1.82) is 0 Å². The number of morpholine rings is 1. The van der Waals surface area contributed by atoms with Crippen molar-refractivity contribution in [2.75, 3.05) is 57.9 Å². The number of ether oxygens (including phenoxy) is 1. The van der Waals surface area contributed by atoms with Gasteiger partial charge < -0.3 is 25.2 Å². The van der Waals surface area contributed by atoms with Gasteiger partial charge in [-0.3, -0.25) is 4.99 Å². The first-order valence-electron chi connectivity index (χ1n) is 10.4. The average molecular weight is 501 g/mol. The number of nitrogens with zero attached hydrogens (tertiary/aromatic N) is 3. The molecule has 2 saturated heterocycles. The van der Waals surface area contributed by atoms with Crippen LogP contribution in [0.1, 0.15) is 31.7 Å². The minimum absolute atomic E-state index is 0. The van der Waals surface area contributed by atoms with Crippen molar-refractivity contribution in [3.8, 4) is 0 Å². The summed E-state index contributed by atoms with van der Waals surface area (Å²) < 4.78 is 5.49. The molecule has 0 unspecified atom stereocenters. The van der Waals surface area contributed by atoms with Crippen LogP contribution in [0.5, 0.6) is 0 Å². The number of piperidine rings is 1. The second-order valence-corrected chi connectivity index (χ2v) is 7.41. The molecule has 158 valence electrons. The van der Waals surface area contributed by atoms with Crippen LogP contribution in [0, 0.1) is 0 Å². The molecule has 28 heavy (non-hydrogen) atoms. The fourth-order valence-corrected chi connectivity index (χ4v) is 3.96. The molecular weight excluding hydrogens is 465 g/mol. The van der Waals surface area contributed by atoms with Crippen LogP contribution in [0.15, 0.2) is 29.3 Å². The van der Waals surface area contributed by atoms with E-state index >= 15 is 0 Å². The normalized spacial score (nSPS) is 19.2. The van der Waals surface area contributed by atoms with Crippen molar-refractivity contribution in [3.63, 3.8) is 0 Å². The van der Waals surface area contributed by atoms with Crippen LogP contribution >= 0.6 is 24.0 Å². The highest BCUT2D eigenvalue weighted by Gasteiger charge is 2.19. The Hall–Kier alpha value is -1.06. The fraction of sp³-hybridized carbons (Fsp3) is 0.667. The molecule has 0 saturated carbocycles. The van der Waals surface area contributed by atoms with Crippen molar-refractivity contribution in [1.82, 2.24) is 15.5 Å². The maximum atomic E-state index is 5.49. The van der Waals surface area contributed by atoms with Crippen molar-refractivity contribution in [2.24, 2.45) is 4.99 Å². The molecule has 0 radical (unpaired) electrons. The van der Waals surface area contributed by atoms with E-state index in [1.165, 1.54) is 50.1 Å². The van der Waals surface area contributed by atoms with E-state index < -0.39 is 0 Å². The highest BCUT2D eigenvalue weighted by Crippen LogP contribution is 2.21. The van der Waals surface area contributed by atoms with E-state index in [9.17, 15) is 0 Å². The van der Waals surface area contributed by atoms with Gasteiger partial charge in [0.15, 0.2) is 5.96 Å². The summed E-state index contributed by atoms with van der Waals surface area (Å²) in [7, 11) is 1.86. The molecule has 0 aromatic heterocycles. The Balaban J connectivity index is 0.00000280. The largest absolute Gasteiger partial charge is 0.378 e. The number of likely N-dealkylation sites (tertiary alicyclic amines) is 1. The number of rotatable bonds is 6. The maximum Gasteiger partial charge on any atom is 0.191 e. The molecule has 7 heteroatoms. The minimum atomic E-state index is 0. The molecule has 2 heterocycles. The summed E-state index contributed by atoms with van der Waals surface area (Å²) in [5.41, 5.74) is 2.61. The number of anilines is 1. The smallest absolute Gasteiger partial charge is 0.191 e. The van der Waals surface area contributed by atoms with Gasteiger partial charge in [-0.25, -0.2) is 0 Å². The van der Waals surface area contributed by atoms with Gasteiger partial charge in [0.2, 0.25) is 0 Å². The van der Waals surface area contributed by atoms with E-state index in [1.807, 2.05) is 7.05 Å². The van der Waals surface area contributed by atoms with Crippen molar-refractivity contribution in [3.05, 3.63) is 29.8 Å². The van der Waals surface area contributed by atoms with Crippen LogP contribution in [0.3, 0.4) is 0 Å². The third kappa shape index (κ3) is 6.77. The summed E-state index contributed by atoms with van der Waals surface area (Å²) in [5, 5.41) is 7.13. The van der Waals surface area contributed by atoms with E-state index in [0.29, 0.717) is 6.04 Å². The molecule has 0 spiro atoms. The lowest BCUT2D eigenvalue weighted by Crippen LogP contribution is -2.48. The van der Waals surface area contributed by atoms with Crippen LogP contribution in [-0.2, 0) is 11.3 Å². The number of para-hydroxylation sites is 1. The third-order valence-electron chi connectivity index (χ3n) is 5.48. The average Bonchev–Trinajstić information content (AvgIpc) is 2.73. The minimum Gasteiger partial charge on any atom is -0.378 e. The molecule has 1 aromatic rings. The lowest BCUT2D eigenvalue weighted by Gasteiger charge is -2.33. The van der Waals surface area contributed by atoms with Gasteiger partial charge in [-0.05, 0) is 37.4 Å². The summed E-state index contributed by atoms with van der Waals surface area (Å²) in [6.07, 6.45) is 3.61. The van der Waals surface area contributed by atoms with Crippen LogP contribution in [0.25, 0.3) is 0 Å². The van der Waals surface area contributed by atoms with Gasteiger partial charge in [0.1, 0.15) is 0 Å². The molecule has 2 aliphatic rings. The van der Waals surface area contributed by atoms with Gasteiger partial charge >= 0.3 is 0 Å². The van der Waals surface area contributed by atoms with Gasteiger partial charge in [0, 0.05) is 51.5 Å². The molecular formula is C21H36IN5O. The van der Waals surface area contributed by atoms with Gasteiger partial charge in [-0.2, -0.15) is 0 Å². The first kappa shape index (κ1) is 23.2. The highest BCUT2D eigenvalue weighted by atomic mass is 127. The van der Waals surface area contributed by atoms with Crippen molar-refractivity contribution in [2.45, 2.75) is 38.8 Å². The molecule has 3 rings (SSSR count). The highest BCUT2D eigenvalue weighted by molar-refractivity contribution is 14.0. The summed E-state index contributed by atoms with van der Waals surface area (Å²) in [5.74, 6) is 0.903. The van der Waals surface area contributed by atoms with Gasteiger partial charge in [0.05, 0.1) is 13.2 Å². The quantitative estimate of drug-likeness (QED) is 0.357. The van der Waals surface area contributed by atoms with E-state index in [-0.39, 0.29) is 24.0 Å². The van der Waals surface area contributed by atoms with Crippen molar-refractivity contribution >= 4 is 35.6 Å². The van der Waals surface area contributed by atoms with Crippen LogP contribution in [0.2, 0.25) is 0 Å². The number of halogens is 1. The topological polar surface area (TPSA) is 52.1 Å². The molecule has 6 nitrogen and oxygen atoms in total. The predicted octanol–water partition coefficient (Wildman–Crippen LogP) is 2.68. The Morgan fingerprint density at radius 1 is 1.14 bits per heavy atom. The first-order valence-corrected chi connectivity index (χ1v) is 10.4. The van der Waals surface area contributed by atoms with Crippen LogP contribution in [-0.4, -0.2) is 69.9 Å². The lowest BCUT2D eigenvalue weighted by atomic mass is 10.1. The molecule has 2 N–H and O–H groups in total. The zero-order valence-electron chi connectivity index (χ0n) is 17.3. The van der Waals surface area contributed by atoms with Gasteiger partial charge in [-0.15, -0.1) is 24.0 Å². The maximum absolute atomic E-state index is 5.49. The van der Waals surface area contributed by atoms with Gasteiger partial charge in [0.25, 0.3) is 0 Å². The zero-order chi connectivity index (χ0) is 18.9. The Morgan fingerprint density at radius 3 is 2.54 bits per heavy atom. The number of benzene rings is 1. The van der Waals surface area contributed by atoms with E-state index in [0.717, 1.165) is 38.8 Å². The molecule has 1 aromatic carbocycles. The monoisotopic (exact) mass is 501 g/mol. The Kier molecular flexibility index (Phi) is 10.4. The molecule has 0 atom stereocenters. The summed E-state index contributed by atoms with van der Waals surface area (Å²) in [6, 6.07) is 9.15. The Morgan fingerprint density at radius 2 is 1.86 bits per heavy atom. The molecule has 0 amide bonds. The number of aliphatic imine (C=N–C) groups is 1. The Labute approximate surface area is 187 Å². The second-order valence-electron chi connectivity index (χ2n) is 7.41. The number of nitrogens with one attached hydrogen (secondary N) is 2. The first-order chi connectivity index (χ1) is 13.3. The lowest BCUT2D eigenvalue weighted by molar-refractivity contribution is 0.122. The molecule has 2 aliphatic heterocycles. The molecule has 2 fully saturated rings. The van der Waals surface area contributed by atoms with E-state index in [4.69, 9.17) is 4.74 Å².